The first-order chi connectivity index (χ1) is 11.7. The summed E-state index contributed by atoms with van der Waals surface area (Å²) < 4.78 is 12.1. The number of benzene rings is 1. The van der Waals surface area contributed by atoms with Gasteiger partial charge in [-0.05, 0) is 30.2 Å². The molecule has 0 radical (unpaired) electrons. The smallest absolute Gasteiger partial charge is 0.335 e. The van der Waals surface area contributed by atoms with E-state index in [0.29, 0.717) is 6.73 Å². The Balaban J connectivity index is 2.06. The van der Waals surface area contributed by atoms with Crippen LogP contribution in [-0.2, 0) is 27.4 Å². The summed E-state index contributed by atoms with van der Waals surface area (Å²) in [7, 11) is 0.182. The lowest BCUT2D eigenvalue weighted by molar-refractivity contribution is -0.150. The predicted molar refractivity (Wildman–Crippen MR) is 100 cm³/mol. The summed E-state index contributed by atoms with van der Waals surface area (Å²) in [4.78, 5) is 11.4. The first-order valence-corrected chi connectivity index (χ1v) is 12.2. The third-order valence-electron chi connectivity index (χ3n) is 4.03. The molecule has 0 fully saturated rings. The van der Waals surface area contributed by atoms with E-state index < -0.39 is 20.1 Å². The van der Waals surface area contributed by atoms with Crippen LogP contribution < -0.4 is 0 Å². The summed E-state index contributed by atoms with van der Waals surface area (Å²) in [6.07, 6.45) is 1.01. The molecule has 0 saturated carbocycles. The molecule has 2 rings (SSSR count). The average molecular weight is 365 g/mol. The second-order valence-corrected chi connectivity index (χ2v) is 13.2. The third-order valence-corrected chi connectivity index (χ3v) is 5.73. The molecule has 1 aromatic carbocycles. The predicted octanol–water partition coefficient (Wildman–Crippen LogP) is 2.73. The van der Waals surface area contributed by atoms with Gasteiger partial charge in [-0.2, -0.15) is 5.10 Å². The van der Waals surface area contributed by atoms with Crippen molar-refractivity contribution in [2.75, 3.05) is 13.7 Å². The molecule has 0 aliphatic heterocycles. The maximum atomic E-state index is 11.4. The number of carbonyl (C=O) groups excluding carboxylic acids is 1. The Bertz CT molecular complexity index is 736. The number of hydrogen-bond donors (Lipinski definition) is 1. The molecule has 2 aromatic rings. The minimum atomic E-state index is -1.15. The molecule has 0 spiro atoms. The number of aryl methyl sites for hydroxylation is 1. The molecule has 1 aromatic heterocycles. The lowest BCUT2D eigenvalue weighted by Crippen LogP contribution is -2.24. The lowest BCUT2D eigenvalue weighted by atomic mass is 10.0. The van der Waals surface area contributed by atoms with Crippen molar-refractivity contribution < 1.29 is 19.4 Å². The molecule has 0 amide bonds. The number of carbonyl (C=O) groups is 1. The summed E-state index contributed by atoms with van der Waals surface area (Å²) in [6.45, 7) is 10.1. The molecule has 7 heteroatoms. The molecule has 1 heterocycles. The standard InChI is InChI=1S/C18H28N2O4Si/c1-13-8-14(10-16(21)18(22)23-2)9-15-11-20(19-17(13)15)12-24-6-7-25(3,4)5/h8-9,11,16,21H,6-7,10,12H2,1-5H3. The van der Waals surface area contributed by atoms with E-state index >= 15 is 0 Å². The Kier molecular flexibility index (Phi) is 6.37. The molecule has 0 aliphatic carbocycles. The molecule has 1 N–H and O–H groups in total. The highest BCUT2D eigenvalue weighted by atomic mass is 28.3. The van der Waals surface area contributed by atoms with Crippen LogP contribution in [0.25, 0.3) is 10.9 Å². The number of aliphatic hydroxyl groups excluding tert-OH is 1. The molecule has 138 valence electrons. The van der Waals surface area contributed by atoms with E-state index in [9.17, 15) is 9.90 Å². The highest BCUT2D eigenvalue weighted by Gasteiger charge is 2.17. The van der Waals surface area contributed by atoms with E-state index in [4.69, 9.17) is 4.74 Å². The van der Waals surface area contributed by atoms with Gasteiger partial charge in [0.25, 0.3) is 0 Å². The van der Waals surface area contributed by atoms with Gasteiger partial charge in [0.15, 0.2) is 6.10 Å². The highest BCUT2D eigenvalue weighted by molar-refractivity contribution is 6.76. The minimum absolute atomic E-state index is 0.224. The van der Waals surface area contributed by atoms with E-state index in [-0.39, 0.29) is 6.42 Å². The number of esters is 1. The van der Waals surface area contributed by atoms with Crippen molar-refractivity contribution in [1.29, 1.82) is 0 Å². The molecular formula is C18H28N2O4Si. The highest BCUT2D eigenvalue weighted by Crippen LogP contribution is 2.21. The maximum absolute atomic E-state index is 11.4. The van der Waals surface area contributed by atoms with Crippen molar-refractivity contribution in [3.63, 3.8) is 0 Å². The Morgan fingerprint density at radius 2 is 2.08 bits per heavy atom. The normalized spacial score (nSPS) is 13.2. The number of aliphatic hydroxyl groups is 1. The van der Waals surface area contributed by atoms with Gasteiger partial charge in [-0.15, -0.1) is 0 Å². The van der Waals surface area contributed by atoms with Gasteiger partial charge in [0.2, 0.25) is 0 Å². The molecule has 0 aliphatic rings. The molecular weight excluding hydrogens is 336 g/mol. The fourth-order valence-corrected chi connectivity index (χ4v) is 3.36. The van der Waals surface area contributed by atoms with Crippen LogP contribution in [0.15, 0.2) is 18.3 Å². The first kappa shape index (κ1) is 19.6. The van der Waals surface area contributed by atoms with Crippen LogP contribution in [0.3, 0.4) is 0 Å². The number of aromatic nitrogens is 2. The van der Waals surface area contributed by atoms with Crippen LogP contribution in [-0.4, -0.2) is 48.8 Å². The van der Waals surface area contributed by atoms with Gasteiger partial charge in [-0.3, -0.25) is 0 Å². The Hall–Kier alpha value is -1.70. The fourth-order valence-electron chi connectivity index (χ4n) is 2.60. The van der Waals surface area contributed by atoms with Gasteiger partial charge in [-0.25, -0.2) is 9.48 Å². The number of rotatable bonds is 8. The van der Waals surface area contributed by atoms with E-state index in [0.717, 1.165) is 34.7 Å². The van der Waals surface area contributed by atoms with Gasteiger partial charge >= 0.3 is 5.97 Å². The number of fused-ring (bicyclic) bond motifs is 1. The van der Waals surface area contributed by atoms with Crippen molar-refractivity contribution in [3.05, 3.63) is 29.5 Å². The van der Waals surface area contributed by atoms with Crippen LogP contribution in [0.1, 0.15) is 11.1 Å². The van der Waals surface area contributed by atoms with E-state index in [2.05, 4.69) is 29.5 Å². The number of hydrogen-bond acceptors (Lipinski definition) is 5. The van der Waals surface area contributed by atoms with Crippen molar-refractivity contribution in [3.8, 4) is 0 Å². The zero-order valence-electron chi connectivity index (χ0n) is 15.7. The summed E-state index contributed by atoms with van der Waals surface area (Å²) in [5.74, 6) is -0.621. The van der Waals surface area contributed by atoms with Crippen LogP contribution >= 0.6 is 0 Å². The molecule has 6 nitrogen and oxygen atoms in total. The molecule has 0 bridgehead atoms. The quantitative estimate of drug-likeness (QED) is 0.443. The van der Waals surface area contributed by atoms with Crippen molar-refractivity contribution >= 4 is 24.9 Å². The summed E-state index contributed by atoms with van der Waals surface area (Å²) in [6, 6.07) is 5.01. The van der Waals surface area contributed by atoms with Crippen molar-refractivity contribution in [2.45, 2.75) is 51.9 Å². The molecule has 0 saturated heterocycles. The maximum Gasteiger partial charge on any atom is 0.335 e. The largest absolute Gasteiger partial charge is 0.467 e. The zero-order valence-corrected chi connectivity index (χ0v) is 16.7. The molecule has 1 unspecified atom stereocenters. The Morgan fingerprint density at radius 1 is 1.36 bits per heavy atom. The summed E-state index contributed by atoms with van der Waals surface area (Å²) in [5.41, 5.74) is 2.79. The summed E-state index contributed by atoms with van der Waals surface area (Å²) in [5, 5.41) is 15.4. The Morgan fingerprint density at radius 3 is 2.72 bits per heavy atom. The summed E-state index contributed by atoms with van der Waals surface area (Å²) >= 11 is 0. The average Bonchev–Trinajstić information content (AvgIpc) is 2.93. The SMILES string of the molecule is COC(=O)C(O)Cc1cc(C)c2nn(COCC[Si](C)(C)C)cc2c1. The van der Waals surface area contributed by atoms with Crippen LogP contribution in [0, 0.1) is 6.92 Å². The monoisotopic (exact) mass is 364 g/mol. The fraction of sp³-hybridized carbons (Fsp3) is 0.556. The van der Waals surface area contributed by atoms with Gasteiger partial charge in [0.1, 0.15) is 6.73 Å². The van der Waals surface area contributed by atoms with E-state index in [1.165, 1.54) is 7.11 Å². The van der Waals surface area contributed by atoms with Crippen LogP contribution in [0.2, 0.25) is 25.7 Å². The van der Waals surface area contributed by atoms with Crippen LogP contribution in [0.5, 0.6) is 0 Å². The van der Waals surface area contributed by atoms with Crippen molar-refractivity contribution in [2.24, 2.45) is 0 Å². The second-order valence-electron chi connectivity index (χ2n) is 7.61. The van der Waals surface area contributed by atoms with Gasteiger partial charge in [-0.1, -0.05) is 25.7 Å². The van der Waals surface area contributed by atoms with Crippen molar-refractivity contribution in [1.82, 2.24) is 9.78 Å². The zero-order chi connectivity index (χ0) is 18.6. The second kappa shape index (κ2) is 8.12. The first-order valence-electron chi connectivity index (χ1n) is 8.50. The third kappa shape index (κ3) is 5.66. The molecule has 25 heavy (non-hydrogen) atoms. The van der Waals surface area contributed by atoms with Gasteiger partial charge in [0, 0.05) is 32.7 Å². The Labute approximate surface area is 149 Å². The number of nitrogens with zero attached hydrogens (tertiary/aromatic N) is 2. The minimum Gasteiger partial charge on any atom is -0.467 e. The number of methoxy groups -OCH3 is 1. The van der Waals surface area contributed by atoms with Crippen LogP contribution in [0.4, 0.5) is 0 Å². The molecule has 1 atom stereocenters. The van der Waals surface area contributed by atoms with Gasteiger partial charge in [0.05, 0.1) is 12.6 Å². The number of ether oxygens (including phenoxy) is 2. The van der Waals surface area contributed by atoms with E-state index in [1.807, 2.05) is 25.3 Å². The van der Waals surface area contributed by atoms with E-state index in [1.54, 1.807) is 4.68 Å². The van der Waals surface area contributed by atoms with Gasteiger partial charge < -0.3 is 14.6 Å². The topological polar surface area (TPSA) is 73.6 Å². The lowest BCUT2D eigenvalue weighted by Gasteiger charge is -2.15.